The highest BCUT2D eigenvalue weighted by atomic mass is 16.3. The highest BCUT2D eigenvalue weighted by molar-refractivity contribution is 4.63. The van der Waals surface area contributed by atoms with E-state index in [0.717, 1.165) is 0 Å². The van der Waals surface area contributed by atoms with Gasteiger partial charge in [0.1, 0.15) is 0 Å². The average Bonchev–Trinajstić information content (AvgIpc) is 1.87. The van der Waals surface area contributed by atoms with Gasteiger partial charge >= 0.3 is 0 Å². The molecule has 55 valence electrons. The molecule has 0 saturated carbocycles. The maximum Gasteiger partial charge on any atom is 0.0598 e. The quantitative estimate of drug-likeness (QED) is 0.534. The maximum atomic E-state index is 8.50. The van der Waals surface area contributed by atoms with E-state index < -0.39 is 0 Å². The Kier molecular flexibility index (Phi) is 4.67. The highest BCUT2D eigenvalue weighted by Gasteiger charge is 2.05. The molecule has 2 N–H and O–H groups in total. The van der Waals surface area contributed by atoms with Gasteiger partial charge in [-0.3, -0.25) is 0 Å². The summed E-state index contributed by atoms with van der Waals surface area (Å²) in [7, 11) is 0. The fourth-order valence-corrected chi connectivity index (χ4v) is 0.529. The molecule has 0 amide bonds. The smallest absolute Gasteiger partial charge is 0.0598 e. The van der Waals surface area contributed by atoms with Crippen LogP contribution in [-0.2, 0) is 0 Å². The molecule has 0 aromatic rings. The van der Waals surface area contributed by atoms with Gasteiger partial charge in [0.2, 0.25) is 0 Å². The van der Waals surface area contributed by atoms with Crippen LogP contribution in [0.5, 0.6) is 0 Å². The molecule has 0 bridgehead atoms. The van der Waals surface area contributed by atoms with Gasteiger partial charge in [-0.25, -0.2) is 5.32 Å². The third-order valence-electron chi connectivity index (χ3n) is 1.04. The number of hydrogen-bond acceptors (Lipinski definition) is 2. The number of hydrogen-bond donors (Lipinski definition) is 2. The van der Waals surface area contributed by atoms with Crippen molar-refractivity contribution in [3.8, 4) is 0 Å². The average molecular weight is 132 g/mol. The number of nitrogens with zero attached hydrogens (tertiary/aromatic N) is 1. The first-order valence-corrected chi connectivity index (χ1v) is 3.12. The molecule has 0 aliphatic rings. The summed E-state index contributed by atoms with van der Waals surface area (Å²) in [6.07, 6.45) is 0. The summed E-state index contributed by atoms with van der Waals surface area (Å²) in [5, 5.41) is 21.0. The summed E-state index contributed by atoms with van der Waals surface area (Å²) in [6.45, 7) is 3.74. The minimum Gasteiger partial charge on any atom is -0.395 e. The fraction of sp³-hybridized carbons (Fsp3) is 1.00. The van der Waals surface area contributed by atoms with Crippen molar-refractivity contribution < 1.29 is 10.2 Å². The molecule has 0 aromatic carbocycles. The lowest BCUT2D eigenvalue weighted by molar-refractivity contribution is 0.202. The zero-order chi connectivity index (χ0) is 7.28. The lowest BCUT2D eigenvalue weighted by Gasteiger charge is -2.12. The topological polar surface area (TPSA) is 54.6 Å². The lowest BCUT2D eigenvalue weighted by atomic mass is 10.3. The van der Waals surface area contributed by atoms with E-state index in [9.17, 15) is 0 Å². The van der Waals surface area contributed by atoms with Crippen molar-refractivity contribution in [2.24, 2.45) is 0 Å². The minimum absolute atomic E-state index is 0.0489. The van der Waals surface area contributed by atoms with Crippen LogP contribution in [-0.4, -0.2) is 35.5 Å². The summed E-state index contributed by atoms with van der Waals surface area (Å²) >= 11 is 0. The van der Waals surface area contributed by atoms with Gasteiger partial charge < -0.3 is 10.2 Å². The predicted octanol–water partition coefficient (Wildman–Crippen LogP) is -0.648. The van der Waals surface area contributed by atoms with Gasteiger partial charge in [0.05, 0.1) is 13.2 Å². The van der Waals surface area contributed by atoms with Crippen LogP contribution in [0.4, 0.5) is 0 Å². The van der Waals surface area contributed by atoms with Crippen LogP contribution in [0.2, 0.25) is 0 Å². The van der Waals surface area contributed by atoms with E-state index in [-0.39, 0.29) is 25.3 Å². The first-order chi connectivity index (χ1) is 4.20. The maximum absolute atomic E-state index is 8.50. The lowest BCUT2D eigenvalue weighted by Crippen LogP contribution is -2.32. The van der Waals surface area contributed by atoms with Gasteiger partial charge in [-0.15, -0.1) is 0 Å². The number of aliphatic hydroxyl groups is 2. The molecule has 2 unspecified atom stereocenters. The number of rotatable bonds is 4. The van der Waals surface area contributed by atoms with E-state index in [4.69, 9.17) is 10.2 Å². The Balaban J connectivity index is 3.22. The molecule has 0 saturated heterocycles. The summed E-state index contributed by atoms with van der Waals surface area (Å²) in [5.74, 6) is 0. The largest absolute Gasteiger partial charge is 0.395 e. The van der Waals surface area contributed by atoms with Crippen molar-refractivity contribution in [1.29, 1.82) is 0 Å². The van der Waals surface area contributed by atoms with E-state index in [1.165, 1.54) is 0 Å². The van der Waals surface area contributed by atoms with Gasteiger partial charge in [0.15, 0.2) is 0 Å². The minimum atomic E-state index is -0.0489. The molecule has 1 radical (unpaired) electrons. The van der Waals surface area contributed by atoms with Crippen molar-refractivity contribution in [1.82, 2.24) is 5.32 Å². The van der Waals surface area contributed by atoms with E-state index in [1.807, 2.05) is 13.8 Å². The fourth-order valence-electron chi connectivity index (χ4n) is 0.529. The Labute approximate surface area is 55.7 Å². The molecule has 0 aliphatic carbocycles. The van der Waals surface area contributed by atoms with E-state index >= 15 is 0 Å². The second-order valence-corrected chi connectivity index (χ2v) is 2.21. The molecule has 0 heterocycles. The van der Waals surface area contributed by atoms with Gasteiger partial charge in [0.25, 0.3) is 0 Å². The first kappa shape index (κ1) is 8.88. The van der Waals surface area contributed by atoms with Crippen LogP contribution in [0.1, 0.15) is 13.8 Å². The molecule has 0 rings (SSSR count). The zero-order valence-corrected chi connectivity index (χ0v) is 5.91. The SMILES string of the molecule is CC(CO)[N]C(C)CO. The Bertz CT molecular complexity index is 60.1. The summed E-state index contributed by atoms with van der Waals surface area (Å²) in [6, 6.07) is -0.0979. The molecule has 0 aromatic heterocycles. The second-order valence-electron chi connectivity index (χ2n) is 2.21. The normalized spacial score (nSPS) is 17.3. The first-order valence-electron chi connectivity index (χ1n) is 3.12. The number of aliphatic hydroxyl groups excluding tert-OH is 2. The van der Waals surface area contributed by atoms with E-state index in [0.29, 0.717) is 0 Å². The second kappa shape index (κ2) is 4.73. The summed E-state index contributed by atoms with van der Waals surface area (Å²) in [5.41, 5.74) is 0. The summed E-state index contributed by atoms with van der Waals surface area (Å²) < 4.78 is 0. The molecule has 0 spiro atoms. The van der Waals surface area contributed by atoms with Crippen molar-refractivity contribution in [3.63, 3.8) is 0 Å². The molecular weight excluding hydrogens is 118 g/mol. The van der Waals surface area contributed by atoms with Gasteiger partial charge in [-0.2, -0.15) is 0 Å². The van der Waals surface area contributed by atoms with E-state index in [2.05, 4.69) is 5.32 Å². The van der Waals surface area contributed by atoms with Crippen molar-refractivity contribution in [3.05, 3.63) is 0 Å². The van der Waals surface area contributed by atoms with Gasteiger partial charge in [0, 0.05) is 12.1 Å². The van der Waals surface area contributed by atoms with Crippen molar-refractivity contribution in [2.75, 3.05) is 13.2 Å². The van der Waals surface area contributed by atoms with Crippen LogP contribution < -0.4 is 5.32 Å². The standard InChI is InChI=1S/C6H14NO2/c1-5(3-8)7-6(2)4-9/h5-6,8-9H,3-4H2,1-2H3. The third kappa shape index (κ3) is 4.39. The Morgan fingerprint density at radius 3 is 1.67 bits per heavy atom. The molecular formula is C6H14NO2. The Morgan fingerprint density at radius 2 is 1.44 bits per heavy atom. The molecule has 3 heteroatoms. The molecule has 0 aliphatic heterocycles. The van der Waals surface area contributed by atoms with Crippen LogP contribution in [0.25, 0.3) is 0 Å². The zero-order valence-electron chi connectivity index (χ0n) is 5.91. The monoisotopic (exact) mass is 132 g/mol. The van der Waals surface area contributed by atoms with Crippen LogP contribution in [0.3, 0.4) is 0 Å². The van der Waals surface area contributed by atoms with Gasteiger partial charge in [-0.05, 0) is 13.8 Å². The molecule has 2 atom stereocenters. The van der Waals surface area contributed by atoms with Crippen molar-refractivity contribution >= 4 is 0 Å². The molecule has 3 nitrogen and oxygen atoms in total. The van der Waals surface area contributed by atoms with E-state index in [1.54, 1.807) is 0 Å². The predicted molar refractivity (Wildman–Crippen MR) is 35.2 cm³/mol. The van der Waals surface area contributed by atoms with Crippen LogP contribution in [0.15, 0.2) is 0 Å². The Hall–Kier alpha value is -0.120. The Morgan fingerprint density at radius 1 is 1.11 bits per heavy atom. The van der Waals surface area contributed by atoms with Crippen LogP contribution in [0, 0.1) is 0 Å². The van der Waals surface area contributed by atoms with Crippen molar-refractivity contribution in [2.45, 2.75) is 25.9 Å². The summed E-state index contributed by atoms with van der Waals surface area (Å²) in [4.78, 5) is 0. The third-order valence-corrected chi connectivity index (χ3v) is 1.04. The molecule has 0 fully saturated rings. The van der Waals surface area contributed by atoms with Crippen LogP contribution >= 0.6 is 0 Å². The molecule has 9 heavy (non-hydrogen) atoms. The van der Waals surface area contributed by atoms with Gasteiger partial charge in [-0.1, -0.05) is 0 Å². The highest BCUT2D eigenvalue weighted by Crippen LogP contribution is 1.86.